The lowest BCUT2D eigenvalue weighted by Gasteiger charge is -2.40. The summed E-state index contributed by atoms with van der Waals surface area (Å²) in [5.41, 5.74) is 0.663. The van der Waals surface area contributed by atoms with E-state index in [1.54, 1.807) is 24.3 Å². The highest BCUT2D eigenvalue weighted by Crippen LogP contribution is 2.42. The molecule has 2 saturated carbocycles. The molecule has 5 nitrogen and oxygen atoms in total. The van der Waals surface area contributed by atoms with E-state index in [0.717, 1.165) is 19.3 Å². The average molecular weight is 337 g/mol. The number of hydrogen-bond donors (Lipinski definition) is 2. The largest absolute Gasteiger partial charge is 0.393 e. The lowest BCUT2D eigenvalue weighted by atomic mass is 9.67. The summed E-state index contributed by atoms with van der Waals surface area (Å²) in [5.74, 6) is -0.142. The fourth-order valence-electron chi connectivity index (χ4n) is 4.10. The van der Waals surface area contributed by atoms with Crippen LogP contribution in [0.5, 0.6) is 0 Å². The molecule has 2 fully saturated rings. The van der Waals surface area contributed by atoms with Crippen molar-refractivity contribution in [2.45, 2.75) is 44.0 Å². The molecule has 4 atom stereocenters. The van der Waals surface area contributed by atoms with Crippen LogP contribution in [0, 0.1) is 17.8 Å². The van der Waals surface area contributed by atoms with Crippen LogP contribution in [0.3, 0.4) is 0 Å². The number of hydrogen-bond acceptors (Lipinski definition) is 4. The lowest BCUT2D eigenvalue weighted by Crippen LogP contribution is -2.42. The van der Waals surface area contributed by atoms with Crippen LogP contribution in [0.1, 0.15) is 37.7 Å². The monoisotopic (exact) mass is 337 g/mol. The number of nitrogens with one attached hydrogen (secondary N) is 1. The van der Waals surface area contributed by atoms with E-state index in [2.05, 4.69) is 4.72 Å². The molecule has 0 aliphatic heterocycles. The van der Waals surface area contributed by atoms with Crippen molar-refractivity contribution in [3.05, 3.63) is 35.9 Å². The summed E-state index contributed by atoms with van der Waals surface area (Å²) in [6.45, 7) is 0. The van der Waals surface area contributed by atoms with E-state index >= 15 is 0 Å². The van der Waals surface area contributed by atoms with Crippen LogP contribution < -0.4 is 4.72 Å². The Balaban J connectivity index is 1.60. The molecule has 0 heterocycles. The molecule has 23 heavy (non-hydrogen) atoms. The summed E-state index contributed by atoms with van der Waals surface area (Å²) >= 11 is 0. The molecule has 1 aromatic carbocycles. The van der Waals surface area contributed by atoms with Crippen LogP contribution in [-0.2, 0) is 20.6 Å². The van der Waals surface area contributed by atoms with Gasteiger partial charge < -0.3 is 5.11 Å². The van der Waals surface area contributed by atoms with Crippen LogP contribution >= 0.6 is 0 Å². The molecule has 0 radical (unpaired) electrons. The van der Waals surface area contributed by atoms with Crippen LogP contribution in [0.15, 0.2) is 30.3 Å². The highest BCUT2D eigenvalue weighted by Gasteiger charge is 2.38. The normalized spacial score (nSPS) is 30.7. The molecular weight excluding hydrogens is 314 g/mol. The number of benzene rings is 1. The molecule has 2 N–H and O–H groups in total. The van der Waals surface area contributed by atoms with E-state index in [0.29, 0.717) is 30.2 Å². The second-order valence-electron chi connectivity index (χ2n) is 6.97. The van der Waals surface area contributed by atoms with Crippen LogP contribution in [0.4, 0.5) is 0 Å². The molecule has 1 aromatic rings. The van der Waals surface area contributed by atoms with Gasteiger partial charge in [0, 0.05) is 5.92 Å². The summed E-state index contributed by atoms with van der Waals surface area (Å²) in [7, 11) is -3.67. The van der Waals surface area contributed by atoms with Crippen molar-refractivity contribution >= 4 is 15.9 Å². The molecule has 2 bridgehead atoms. The van der Waals surface area contributed by atoms with Crippen molar-refractivity contribution in [2.75, 3.05) is 0 Å². The number of aliphatic hydroxyl groups is 1. The summed E-state index contributed by atoms with van der Waals surface area (Å²) < 4.78 is 26.6. The first kappa shape index (κ1) is 16.5. The lowest BCUT2D eigenvalue weighted by molar-refractivity contribution is -0.126. The number of carbonyl (C=O) groups is 1. The SMILES string of the molecule is O=C(NS(=O)(=O)Cc1ccccc1)C1C[C@H]2CC(O)C[C@@H](C1)C2. The van der Waals surface area contributed by atoms with Gasteiger partial charge in [0.25, 0.3) is 0 Å². The summed E-state index contributed by atoms with van der Waals surface area (Å²) in [5, 5.41) is 9.79. The van der Waals surface area contributed by atoms with Crippen molar-refractivity contribution in [1.29, 1.82) is 0 Å². The molecule has 0 aromatic heterocycles. The molecule has 2 unspecified atom stereocenters. The average Bonchev–Trinajstić information content (AvgIpc) is 2.45. The number of aliphatic hydroxyl groups excluding tert-OH is 1. The third-order valence-electron chi connectivity index (χ3n) is 4.94. The molecule has 1 amide bonds. The Morgan fingerprint density at radius 3 is 2.26 bits per heavy atom. The van der Waals surface area contributed by atoms with Gasteiger partial charge in [-0.15, -0.1) is 0 Å². The first-order valence-electron chi connectivity index (χ1n) is 8.17. The Labute approximate surface area is 137 Å². The van der Waals surface area contributed by atoms with Gasteiger partial charge in [0.05, 0.1) is 11.9 Å². The van der Waals surface area contributed by atoms with Crippen molar-refractivity contribution < 1.29 is 18.3 Å². The number of sulfonamides is 1. The summed E-state index contributed by atoms with van der Waals surface area (Å²) in [6, 6.07) is 8.84. The summed E-state index contributed by atoms with van der Waals surface area (Å²) in [4.78, 5) is 12.4. The number of rotatable bonds is 4. The van der Waals surface area contributed by atoms with Crippen LogP contribution in [0.25, 0.3) is 0 Å². The topological polar surface area (TPSA) is 83.5 Å². The Morgan fingerprint density at radius 1 is 1.04 bits per heavy atom. The van der Waals surface area contributed by atoms with E-state index in [1.807, 2.05) is 6.07 Å². The van der Waals surface area contributed by atoms with E-state index in [-0.39, 0.29) is 23.7 Å². The smallest absolute Gasteiger partial charge is 0.239 e. The molecule has 3 rings (SSSR count). The fraction of sp³-hybridized carbons (Fsp3) is 0.588. The van der Waals surface area contributed by atoms with Gasteiger partial charge in [-0.05, 0) is 49.5 Å². The van der Waals surface area contributed by atoms with Crippen molar-refractivity contribution in [3.63, 3.8) is 0 Å². The summed E-state index contributed by atoms with van der Waals surface area (Å²) in [6.07, 6.45) is 3.62. The van der Waals surface area contributed by atoms with Gasteiger partial charge in [-0.25, -0.2) is 8.42 Å². The Kier molecular flexibility index (Phi) is 4.73. The van der Waals surface area contributed by atoms with Gasteiger partial charge in [-0.2, -0.15) is 0 Å². The standard InChI is InChI=1S/C17H23NO4S/c19-16-9-13-6-14(10-16)8-15(7-13)17(20)18-23(21,22)11-12-4-2-1-3-5-12/h1-5,13-16,19H,6-11H2,(H,18,20)/t13-,14+,15?,16?. The molecular formula is C17H23NO4S. The predicted octanol–water partition coefficient (Wildman–Crippen LogP) is 1.82. The fourth-order valence-corrected chi connectivity index (χ4v) is 5.27. The molecule has 6 heteroatoms. The zero-order chi connectivity index (χ0) is 16.4. The molecule has 0 saturated heterocycles. The van der Waals surface area contributed by atoms with Crippen LogP contribution in [0.2, 0.25) is 0 Å². The molecule has 2 aliphatic carbocycles. The Bertz CT molecular complexity index is 640. The van der Waals surface area contributed by atoms with E-state index in [4.69, 9.17) is 0 Å². The van der Waals surface area contributed by atoms with Gasteiger partial charge in [0.1, 0.15) is 0 Å². The van der Waals surface area contributed by atoms with Crippen molar-refractivity contribution in [2.24, 2.45) is 17.8 Å². The zero-order valence-electron chi connectivity index (χ0n) is 13.0. The van der Waals surface area contributed by atoms with Crippen molar-refractivity contribution in [1.82, 2.24) is 4.72 Å². The van der Waals surface area contributed by atoms with Gasteiger partial charge in [-0.1, -0.05) is 30.3 Å². The quantitative estimate of drug-likeness (QED) is 0.878. The Hall–Kier alpha value is -1.40. The minimum atomic E-state index is -3.67. The first-order chi connectivity index (χ1) is 10.9. The predicted molar refractivity (Wildman–Crippen MR) is 86.8 cm³/mol. The van der Waals surface area contributed by atoms with E-state index in [1.165, 1.54) is 0 Å². The van der Waals surface area contributed by atoms with Gasteiger partial charge in [-0.3, -0.25) is 9.52 Å². The number of carbonyl (C=O) groups excluding carboxylic acids is 1. The zero-order valence-corrected chi connectivity index (χ0v) is 13.8. The van der Waals surface area contributed by atoms with Crippen LogP contribution in [-0.4, -0.2) is 25.5 Å². The highest BCUT2D eigenvalue weighted by molar-refractivity contribution is 7.89. The highest BCUT2D eigenvalue weighted by atomic mass is 32.2. The maximum Gasteiger partial charge on any atom is 0.239 e. The minimum absolute atomic E-state index is 0.183. The third-order valence-corrected chi connectivity index (χ3v) is 6.17. The number of amides is 1. The maximum atomic E-state index is 12.4. The molecule has 0 spiro atoms. The van der Waals surface area contributed by atoms with E-state index < -0.39 is 10.0 Å². The molecule has 2 aliphatic rings. The minimum Gasteiger partial charge on any atom is -0.393 e. The van der Waals surface area contributed by atoms with Gasteiger partial charge in [0.2, 0.25) is 15.9 Å². The second kappa shape index (κ2) is 6.61. The third kappa shape index (κ3) is 4.32. The molecule has 126 valence electrons. The second-order valence-corrected chi connectivity index (χ2v) is 8.69. The van der Waals surface area contributed by atoms with Crippen molar-refractivity contribution in [3.8, 4) is 0 Å². The first-order valence-corrected chi connectivity index (χ1v) is 9.83. The van der Waals surface area contributed by atoms with Gasteiger partial charge in [0.15, 0.2) is 0 Å². The van der Waals surface area contributed by atoms with Gasteiger partial charge >= 0.3 is 0 Å². The Morgan fingerprint density at radius 2 is 1.65 bits per heavy atom. The number of fused-ring (bicyclic) bond motifs is 2. The van der Waals surface area contributed by atoms with E-state index in [9.17, 15) is 18.3 Å². The maximum absolute atomic E-state index is 12.4.